The second-order valence-electron chi connectivity index (χ2n) is 6.17. The van der Waals surface area contributed by atoms with Crippen LogP contribution in [0.3, 0.4) is 0 Å². The molecule has 0 fully saturated rings. The molecule has 150 valence electrons. The van der Waals surface area contributed by atoms with Crippen LogP contribution in [0.4, 0.5) is 0 Å². The fourth-order valence-corrected chi connectivity index (χ4v) is 3.66. The molecule has 0 aliphatic carbocycles. The van der Waals surface area contributed by atoms with Crippen molar-refractivity contribution >= 4 is 50.4 Å². The zero-order valence-electron chi connectivity index (χ0n) is 16.1. The van der Waals surface area contributed by atoms with Crippen molar-refractivity contribution in [1.82, 2.24) is 9.78 Å². The molecule has 0 saturated heterocycles. The molecule has 0 aliphatic rings. The maximum absolute atomic E-state index is 12.6. The summed E-state index contributed by atoms with van der Waals surface area (Å²) in [7, 11) is 1.63. The molecule has 0 N–H and O–H groups in total. The summed E-state index contributed by atoms with van der Waals surface area (Å²) in [6, 6.07) is 13.6. The van der Waals surface area contributed by atoms with E-state index in [0.29, 0.717) is 23.3 Å². The summed E-state index contributed by atoms with van der Waals surface area (Å²) in [5, 5.41) is 4.19. The Balaban J connectivity index is 1.77. The smallest absolute Gasteiger partial charge is 0.205 e. The van der Waals surface area contributed by atoms with Crippen LogP contribution in [0.15, 0.2) is 59.2 Å². The normalized spacial score (nSPS) is 11.0. The van der Waals surface area contributed by atoms with Crippen LogP contribution in [-0.2, 0) is 13.2 Å². The van der Waals surface area contributed by atoms with Crippen LogP contribution in [0.1, 0.15) is 28.5 Å². The van der Waals surface area contributed by atoms with E-state index < -0.39 is 0 Å². The van der Waals surface area contributed by atoms with Gasteiger partial charge in [-0.15, -0.1) is 0 Å². The van der Waals surface area contributed by atoms with E-state index in [4.69, 9.17) is 9.47 Å². The van der Waals surface area contributed by atoms with Gasteiger partial charge >= 0.3 is 0 Å². The lowest BCUT2D eigenvalue weighted by Crippen LogP contribution is -2.07. The summed E-state index contributed by atoms with van der Waals surface area (Å²) < 4.78 is 14.8. The number of rotatable bonds is 8. The molecule has 0 saturated carbocycles. The van der Waals surface area contributed by atoms with E-state index in [0.717, 1.165) is 26.2 Å². The molecule has 29 heavy (non-hydrogen) atoms. The van der Waals surface area contributed by atoms with Crippen LogP contribution in [0.25, 0.3) is 6.08 Å². The van der Waals surface area contributed by atoms with E-state index >= 15 is 0 Å². The highest BCUT2D eigenvalue weighted by Gasteiger charge is 2.14. The van der Waals surface area contributed by atoms with Crippen molar-refractivity contribution in [1.29, 1.82) is 0 Å². The Labute approximate surface area is 192 Å². The molecule has 0 radical (unpaired) electrons. The minimum absolute atomic E-state index is 0.108. The Morgan fingerprint density at radius 2 is 2.00 bits per heavy atom. The van der Waals surface area contributed by atoms with Crippen molar-refractivity contribution in [2.75, 3.05) is 7.11 Å². The number of hydrogen-bond donors (Lipinski definition) is 0. The van der Waals surface area contributed by atoms with Crippen molar-refractivity contribution in [3.8, 4) is 11.5 Å². The highest BCUT2D eigenvalue weighted by atomic mass is 127. The number of carbonyl (C=O) groups is 1. The predicted octanol–water partition coefficient (Wildman–Crippen LogP) is 5.75. The number of hydrogen-bond acceptors (Lipinski definition) is 4. The molecule has 1 aromatic heterocycles. The molecular formula is C22H20BrIN2O3. The highest BCUT2D eigenvalue weighted by Crippen LogP contribution is 2.24. The van der Waals surface area contributed by atoms with Crippen molar-refractivity contribution < 1.29 is 14.3 Å². The Bertz CT molecular complexity index is 1030. The van der Waals surface area contributed by atoms with Gasteiger partial charge in [0, 0.05) is 15.7 Å². The standard InChI is InChI=1S/C22H20BrIN2O3/c1-3-26-22(19(23)13-25-26)20(27)10-4-15-5-11-21(28-2)16(12-15)14-29-18-8-6-17(24)7-9-18/h4-13H,3,14H2,1-2H3/b10-4+. The Morgan fingerprint density at radius 3 is 2.69 bits per heavy atom. The van der Waals surface area contributed by atoms with E-state index in [9.17, 15) is 4.79 Å². The van der Waals surface area contributed by atoms with Gasteiger partial charge in [0.15, 0.2) is 0 Å². The van der Waals surface area contributed by atoms with Crippen molar-refractivity contribution in [2.24, 2.45) is 0 Å². The van der Waals surface area contributed by atoms with Crippen molar-refractivity contribution in [2.45, 2.75) is 20.1 Å². The van der Waals surface area contributed by atoms with Gasteiger partial charge in [0.25, 0.3) is 0 Å². The molecule has 0 unspecified atom stereocenters. The van der Waals surface area contributed by atoms with Crippen LogP contribution >= 0.6 is 38.5 Å². The average Bonchev–Trinajstić information content (AvgIpc) is 3.12. The van der Waals surface area contributed by atoms with Gasteiger partial charge in [-0.2, -0.15) is 5.10 Å². The number of ether oxygens (including phenoxy) is 2. The van der Waals surface area contributed by atoms with Crippen LogP contribution in [-0.4, -0.2) is 22.7 Å². The molecule has 0 bridgehead atoms. The number of carbonyl (C=O) groups excluding carboxylic acids is 1. The predicted molar refractivity (Wildman–Crippen MR) is 125 cm³/mol. The maximum Gasteiger partial charge on any atom is 0.205 e. The van der Waals surface area contributed by atoms with E-state index in [1.807, 2.05) is 49.4 Å². The van der Waals surface area contributed by atoms with Gasteiger partial charge in [-0.05, 0) is 93.5 Å². The van der Waals surface area contributed by atoms with E-state index in [-0.39, 0.29) is 5.78 Å². The van der Waals surface area contributed by atoms with Gasteiger partial charge in [-0.3, -0.25) is 9.48 Å². The van der Waals surface area contributed by atoms with Gasteiger partial charge in [0.2, 0.25) is 5.78 Å². The summed E-state index contributed by atoms with van der Waals surface area (Å²) in [6.45, 7) is 2.94. The molecular weight excluding hydrogens is 547 g/mol. The SMILES string of the molecule is CCn1ncc(Br)c1C(=O)/C=C/c1ccc(OC)c(COc2ccc(I)cc2)c1. The number of aryl methyl sites for hydroxylation is 1. The van der Waals surface area contributed by atoms with Gasteiger partial charge in [-0.1, -0.05) is 12.1 Å². The fourth-order valence-electron chi connectivity index (χ4n) is 2.80. The lowest BCUT2D eigenvalue weighted by Gasteiger charge is -2.11. The van der Waals surface area contributed by atoms with Gasteiger partial charge in [0.05, 0.1) is 17.8 Å². The maximum atomic E-state index is 12.6. The molecule has 3 rings (SSSR count). The number of nitrogens with zero attached hydrogens (tertiary/aromatic N) is 2. The largest absolute Gasteiger partial charge is 0.496 e. The first-order chi connectivity index (χ1) is 14.0. The fraction of sp³-hybridized carbons (Fsp3) is 0.182. The highest BCUT2D eigenvalue weighted by molar-refractivity contribution is 14.1. The van der Waals surface area contributed by atoms with Crippen molar-refractivity contribution in [3.63, 3.8) is 0 Å². The lowest BCUT2D eigenvalue weighted by molar-refractivity contribution is 0.103. The minimum Gasteiger partial charge on any atom is -0.496 e. The number of aromatic nitrogens is 2. The number of halogens is 2. The topological polar surface area (TPSA) is 53.4 Å². The molecule has 2 aromatic carbocycles. The molecule has 7 heteroatoms. The van der Waals surface area contributed by atoms with Crippen LogP contribution in [0.5, 0.6) is 11.5 Å². The molecule has 0 amide bonds. The Morgan fingerprint density at radius 1 is 1.24 bits per heavy atom. The summed E-state index contributed by atoms with van der Waals surface area (Å²) in [5.74, 6) is 1.43. The number of methoxy groups -OCH3 is 1. The minimum atomic E-state index is -0.108. The van der Waals surface area contributed by atoms with E-state index in [2.05, 4.69) is 43.6 Å². The molecule has 3 aromatic rings. The van der Waals surface area contributed by atoms with Gasteiger partial charge in [0.1, 0.15) is 23.8 Å². The first-order valence-electron chi connectivity index (χ1n) is 9.00. The van der Waals surface area contributed by atoms with E-state index in [1.165, 1.54) is 0 Å². The quantitative estimate of drug-likeness (QED) is 0.198. The molecule has 5 nitrogen and oxygen atoms in total. The third-order valence-electron chi connectivity index (χ3n) is 4.27. The van der Waals surface area contributed by atoms with Crippen molar-refractivity contribution in [3.05, 3.63) is 79.6 Å². The first kappa shape index (κ1) is 21.6. The molecule has 0 aliphatic heterocycles. The zero-order chi connectivity index (χ0) is 20.8. The second kappa shape index (κ2) is 10.1. The average molecular weight is 567 g/mol. The second-order valence-corrected chi connectivity index (χ2v) is 8.27. The third kappa shape index (κ3) is 5.48. The molecule has 0 atom stereocenters. The zero-order valence-corrected chi connectivity index (χ0v) is 19.8. The third-order valence-corrected chi connectivity index (χ3v) is 5.57. The number of allylic oxidation sites excluding steroid dienone is 1. The van der Waals surface area contributed by atoms with Crippen LogP contribution < -0.4 is 9.47 Å². The van der Waals surface area contributed by atoms with E-state index in [1.54, 1.807) is 30.1 Å². The lowest BCUT2D eigenvalue weighted by atomic mass is 10.1. The molecule has 0 spiro atoms. The monoisotopic (exact) mass is 566 g/mol. The Kier molecular flexibility index (Phi) is 7.49. The van der Waals surface area contributed by atoms with Crippen LogP contribution in [0.2, 0.25) is 0 Å². The summed E-state index contributed by atoms with van der Waals surface area (Å²) in [4.78, 5) is 12.6. The summed E-state index contributed by atoms with van der Waals surface area (Å²) in [5.41, 5.74) is 2.33. The molecule has 1 heterocycles. The summed E-state index contributed by atoms with van der Waals surface area (Å²) in [6.07, 6.45) is 4.98. The Hall–Kier alpha value is -2.13. The number of ketones is 1. The number of benzene rings is 2. The van der Waals surface area contributed by atoms with Gasteiger partial charge < -0.3 is 9.47 Å². The van der Waals surface area contributed by atoms with Gasteiger partial charge in [-0.25, -0.2) is 0 Å². The summed E-state index contributed by atoms with van der Waals surface area (Å²) >= 11 is 5.65. The first-order valence-corrected chi connectivity index (χ1v) is 10.9. The van der Waals surface area contributed by atoms with Crippen LogP contribution in [0, 0.1) is 3.57 Å².